The summed E-state index contributed by atoms with van der Waals surface area (Å²) in [6.07, 6.45) is 0.299. The highest BCUT2D eigenvalue weighted by Crippen LogP contribution is 2.22. The van der Waals surface area contributed by atoms with E-state index in [9.17, 15) is 14.7 Å². The second-order valence-electron chi connectivity index (χ2n) is 8.42. The summed E-state index contributed by atoms with van der Waals surface area (Å²) in [6.45, 7) is 6.87. The minimum atomic E-state index is -0.755. The topological polar surface area (TPSA) is 106 Å². The first kappa shape index (κ1) is 24.8. The number of nitrogens with one attached hydrogen (secondary N) is 2. The summed E-state index contributed by atoms with van der Waals surface area (Å²) in [6, 6.07) is 10.9. The second-order valence-corrected chi connectivity index (χ2v) is 10.1. The van der Waals surface area contributed by atoms with E-state index in [1.165, 1.54) is 22.6 Å². The molecule has 2 aromatic rings. The van der Waals surface area contributed by atoms with E-state index < -0.39 is 17.8 Å². The van der Waals surface area contributed by atoms with Crippen LogP contribution in [0.2, 0.25) is 4.34 Å². The number of ether oxygens (including phenoxy) is 1. The van der Waals surface area contributed by atoms with E-state index >= 15 is 0 Å². The monoisotopic (exact) mass is 493 g/mol. The summed E-state index contributed by atoms with van der Waals surface area (Å²) in [7, 11) is 0. The number of hydrogen-bond acceptors (Lipinski definition) is 8. The average Bonchev–Trinajstić information content (AvgIpc) is 3.22. The summed E-state index contributed by atoms with van der Waals surface area (Å²) < 4.78 is 5.90. The predicted molar refractivity (Wildman–Crippen MR) is 131 cm³/mol. The van der Waals surface area contributed by atoms with Crippen LogP contribution >= 0.6 is 22.9 Å². The number of thiophene rings is 1. The van der Waals surface area contributed by atoms with Crippen molar-refractivity contribution in [2.24, 2.45) is 5.10 Å². The third-order valence-electron chi connectivity index (χ3n) is 4.51. The molecule has 11 heteroatoms. The van der Waals surface area contributed by atoms with Crippen LogP contribution < -0.4 is 15.6 Å². The average molecular weight is 494 g/mol. The number of aliphatic hydroxyl groups excluding tert-OH is 1. The van der Waals surface area contributed by atoms with E-state index in [2.05, 4.69) is 15.7 Å². The Labute approximate surface area is 202 Å². The number of carbonyl (C=O) groups excluding carboxylic acids is 2. The Bertz CT molecular complexity index is 989. The molecule has 1 aliphatic rings. The lowest BCUT2D eigenvalue weighted by atomic mass is 10.2. The molecule has 0 saturated heterocycles. The molecule has 1 aliphatic heterocycles. The number of rotatable bonds is 7. The molecule has 0 spiro atoms. The van der Waals surface area contributed by atoms with Gasteiger partial charge in [0.1, 0.15) is 11.9 Å². The lowest BCUT2D eigenvalue weighted by Crippen LogP contribution is -2.43. The van der Waals surface area contributed by atoms with Crippen molar-refractivity contribution in [2.75, 3.05) is 36.5 Å². The molecule has 0 bridgehead atoms. The van der Waals surface area contributed by atoms with Crippen LogP contribution in [0.1, 0.15) is 30.4 Å². The lowest BCUT2D eigenvalue weighted by Gasteiger charge is -2.30. The number of hydrogen-bond donors (Lipinski definition) is 3. The number of halogens is 1. The molecule has 0 fully saturated rings. The van der Waals surface area contributed by atoms with E-state index in [1.807, 2.05) is 45.0 Å². The van der Waals surface area contributed by atoms with E-state index in [4.69, 9.17) is 16.3 Å². The Hall–Kier alpha value is -2.82. The molecular formula is C22H28ClN5O4S. The van der Waals surface area contributed by atoms with Gasteiger partial charge in [0.2, 0.25) is 0 Å². The number of amides is 2. The SMILES string of the molecule is CC(C)(C)OC(=O)N1C=NN(c2ccc(NC[C@@H](O)CNC(=O)c3ccc(Cl)s3)cc2)CC1. The Morgan fingerprint density at radius 1 is 1.18 bits per heavy atom. The summed E-state index contributed by atoms with van der Waals surface area (Å²) in [5, 5.41) is 22.1. The second kappa shape index (κ2) is 10.9. The van der Waals surface area contributed by atoms with Crippen LogP contribution in [0.15, 0.2) is 41.5 Å². The molecule has 0 radical (unpaired) electrons. The zero-order valence-electron chi connectivity index (χ0n) is 18.7. The number of aliphatic hydroxyl groups is 1. The maximum Gasteiger partial charge on any atom is 0.415 e. The molecule has 1 aromatic carbocycles. The Balaban J connectivity index is 1.43. The fraction of sp³-hybridized carbons (Fsp3) is 0.409. The van der Waals surface area contributed by atoms with Crippen molar-refractivity contribution in [1.82, 2.24) is 10.2 Å². The van der Waals surface area contributed by atoms with Crippen LogP contribution in [0.4, 0.5) is 16.2 Å². The van der Waals surface area contributed by atoms with Gasteiger partial charge in [0, 0.05) is 25.3 Å². The highest BCUT2D eigenvalue weighted by molar-refractivity contribution is 7.18. The number of hydrazone groups is 1. The van der Waals surface area contributed by atoms with E-state index in [1.54, 1.807) is 17.1 Å². The molecule has 1 aromatic heterocycles. The van der Waals surface area contributed by atoms with Gasteiger partial charge in [0.25, 0.3) is 5.91 Å². The standard InChI is InChI=1S/C22H28ClN5O4S/c1-22(2,3)32-21(31)27-10-11-28(26-14-27)16-6-4-15(5-7-16)24-12-17(29)13-25-20(30)18-8-9-19(23)33-18/h4-9,14,17,24,29H,10-13H2,1-3H3,(H,25,30)/t17-/m1/s1. The fourth-order valence-electron chi connectivity index (χ4n) is 2.89. The van der Waals surface area contributed by atoms with E-state index in [0.29, 0.717) is 22.3 Å². The van der Waals surface area contributed by atoms with Crippen molar-refractivity contribution in [3.8, 4) is 0 Å². The maximum absolute atomic E-state index is 12.1. The first-order chi connectivity index (χ1) is 15.6. The van der Waals surface area contributed by atoms with Crippen LogP contribution in [-0.4, -0.2) is 66.2 Å². The largest absolute Gasteiger partial charge is 0.443 e. The molecule has 33 heavy (non-hydrogen) atoms. The quantitative estimate of drug-likeness (QED) is 0.544. The number of carbonyl (C=O) groups is 2. The van der Waals surface area contributed by atoms with Gasteiger partial charge < -0.3 is 20.5 Å². The Morgan fingerprint density at radius 2 is 1.91 bits per heavy atom. The Morgan fingerprint density at radius 3 is 2.48 bits per heavy atom. The van der Waals surface area contributed by atoms with Gasteiger partial charge in [-0.2, -0.15) is 5.10 Å². The summed E-state index contributed by atoms with van der Waals surface area (Å²) in [5.41, 5.74) is 1.15. The van der Waals surface area contributed by atoms with Crippen LogP contribution in [0.25, 0.3) is 0 Å². The van der Waals surface area contributed by atoms with Crippen molar-refractivity contribution in [1.29, 1.82) is 0 Å². The molecule has 2 heterocycles. The Kier molecular flexibility index (Phi) is 8.17. The van der Waals surface area contributed by atoms with Gasteiger partial charge in [0.05, 0.1) is 27.5 Å². The molecule has 0 saturated carbocycles. The summed E-state index contributed by atoms with van der Waals surface area (Å²) >= 11 is 7.02. The number of anilines is 2. The van der Waals surface area contributed by atoms with Crippen molar-refractivity contribution in [3.05, 3.63) is 45.6 Å². The third kappa shape index (κ3) is 7.62. The van der Waals surface area contributed by atoms with Crippen molar-refractivity contribution >= 4 is 52.7 Å². The van der Waals surface area contributed by atoms with Gasteiger partial charge in [-0.05, 0) is 57.2 Å². The summed E-state index contributed by atoms with van der Waals surface area (Å²) in [5.74, 6) is -0.261. The minimum absolute atomic E-state index is 0.121. The molecule has 0 unspecified atom stereocenters. The highest BCUT2D eigenvalue weighted by Gasteiger charge is 2.24. The smallest absolute Gasteiger partial charge is 0.415 e. The molecule has 9 nitrogen and oxygen atoms in total. The lowest BCUT2D eigenvalue weighted by molar-refractivity contribution is 0.0374. The van der Waals surface area contributed by atoms with Crippen LogP contribution in [0.5, 0.6) is 0 Å². The third-order valence-corrected chi connectivity index (χ3v) is 5.74. The van der Waals surface area contributed by atoms with Crippen LogP contribution in [-0.2, 0) is 4.74 Å². The zero-order chi connectivity index (χ0) is 24.0. The van der Waals surface area contributed by atoms with Gasteiger partial charge in [-0.1, -0.05) is 11.6 Å². The number of benzene rings is 1. The number of nitrogens with zero attached hydrogens (tertiary/aromatic N) is 3. The van der Waals surface area contributed by atoms with Crippen LogP contribution in [0, 0.1) is 0 Å². The molecule has 3 rings (SSSR count). The first-order valence-corrected chi connectivity index (χ1v) is 11.7. The molecule has 0 aliphatic carbocycles. The molecular weight excluding hydrogens is 466 g/mol. The fourth-order valence-corrected chi connectivity index (χ4v) is 3.85. The molecule has 2 amide bonds. The molecule has 3 N–H and O–H groups in total. The molecule has 1 atom stereocenters. The van der Waals surface area contributed by atoms with Crippen molar-refractivity contribution in [3.63, 3.8) is 0 Å². The van der Waals surface area contributed by atoms with Gasteiger partial charge in [0.15, 0.2) is 0 Å². The maximum atomic E-state index is 12.1. The van der Waals surface area contributed by atoms with Crippen molar-refractivity contribution in [2.45, 2.75) is 32.5 Å². The van der Waals surface area contributed by atoms with Crippen LogP contribution in [0.3, 0.4) is 0 Å². The molecule has 178 valence electrons. The first-order valence-electron chi connectivity index (χ1n) is 10.5. The predicted octanol–water partition coefficient (Wildman–Crippen LogP) is 3.60. The van der Waals surface area contributed by atoms with Gasteiger partial charge in [-0.3, -0.25) is 14.7 Å². The zero-order valence-corrected chi connectivity index (χ0v) is 20.3. The van der Waals surface area contributed by atoms with E-state index in [-0.39, 0.29) is 19.0 Å². The highest BCUT2D eigenvalue weighted by atomic mass is 35.5. The van der Waals surface area contributed by atoms with E-state index in [0.717, 1.165) is 11.4 Å². The van der Waals surface area contributed by atoms with Gasteiger partial charge in [-0.15, -0.1) is 11.3 Å². The minimum Gasteiger partial charge on any atom is -0.443 e. The van der Waals surface area contributed by atoms with Gasteiger partial charge >= 0.3 is 6.09 Å². The normalized spacial score (nSPS) is 14.7. The van der Waals surface area contributed by atoms with Crippen molar-refractivity contribution < 1.29 is 19.4 Å². The summed E-state index contributed by atoms with van der Waals surface area (Å²) in [4.78, 5) is 26.1. The van der Waals surface area contributed by atoms with Gasteiger partial charge in [-0.25, -0.2) is 4.79 Å².